The molecule has 0 heterocycles. The van der Waals surface area contributed by atoms with Crippen LogP contribution in [0.25, 0.3) is 0 Å². The van der Waals surface area contributed by atoms with E-state index in [4.69, 9.17) is 5.73 Å². The van der Waals surface area contributed by atoms with E-state index in [2.05, 4.69) is 10.6 Å². The van der Waals surface area contributed by atoms with Gasteiger partial charge < -0.3 is 16.4 Å². The highest BCUT2D eigenvalue weighted by Gasteiger charge is 2.48. The molecule has 2 aliphatic rings. The molecule has 1 aromatic carbocycles. The third-order valence-corrected chi connectivity index (χ3v) is 5.28. The van der Waals surface area contributed by atoms with Crippen LogP contribution in [0.4, 0.5) is 0 Å². The normalized spacial score (nSPS) is 27.4. The molecule has 2 bridgehead atoms. The van der Waals surface area contributed by atoms with Crippen LogP contribution in [0, 0.1) is 17.8 Å². The van der Waals surface area contributed by atoms with Crippen LogP contribution in [0.3, 0.4) is 0 Å². The molecule has 132 valence electrons. The number of hydrogen-bond acceptors (Lipinski definition) is 3. The van der Waals surface area contributed by atoms with Gasteiger partial charge in [0.05, 0.1) is 5.92 Å². The van der Waals surface area contributed by atoms with Crippen molar-refractivity contribution < 1.29 is 9.59 Å². The smallest absolute Gasteiger partial charge is 0.251 e. The minimum absolute atomic E-state index is 0. The van der Waals surface area contributed by atoms with E-state index in [1.165, 1.54) is 6.42 Å². The van der Waals surface area contributed by atoms with Crippen LogP contribution in [0.1, 0.15) is 42.1 Å². The molecule has 0 spiro atoms. The minimum Gasteiger partial charge on any atom is -0.352 e. The van der Waals surface area contributed by atoms with E-state index in [-0.39, 0.29) is 36.2 Å². The molecule has 2 fully saturated rings. The number of halogens is 1. The van der Waals surface area contributed by atoms with Gasteiger partial charge in [-0.3, -0.25) is 9.59 Å². The summed E-state index contributed by atoms with van der Waals surface area (Å²) in [5.41, 5.74) is 7.77. The Labute approximate surface area is 149 Å². The van der Waals surface area contributed by atoms with Gasteiger partial charge in [-0.05, 0) is 55.7 Å². The molecule has 6 heteroatoms. The van der Waals surface area contributed by atoms with Crippen LogP contribution in [-0.4, -0.2) is 24.4 Å². The fraction of sp³-hybridized carbons (Fsp3) is 0.556. The van der Waals surface area contributed by atoms with Crippen LogP contribution >= 0.6 is 12.4 Å². The molecule has 2 aliphatic carbocycles. The highest BCUT2D eigenvalue weighted by atomic mass is 35.5. The molecule has 1 aromatic rings. The summed E-state index contributed by atoms with van der Waals surface area (Å²) in [6, 6.07) is 7.38. The molecule has 3 rings (SSSR count). The zero-order valence-corrected chi connectivity index (χ0v) is 14.8. The first kappa shape index (κ1) is 18.7. The highest BCUT2D eigenvalue weighted by Crippen LogP contribution is 2.47. The van der Waals surface area contributed by atoms with Gasteiger partial charge in [-0.25, -0.2) is 0 Å². The summed E-state index contributed by atoms with van der Waals surface area (Å²) in [7, 11) is 0. The quantitative estimate of drug-likeness (QED) is 0.756. The number of benzene rings is 1. The van der Waals surface area contributed by atoms with Crippen molar-refractivity contribution in [1.29, 1.82) is 0 Å². The van der Waals surface area contributed by atoms with Crippen molar-refractivity contribution >= 4 is 24.2 Å². The van der Waals surface area contributed by atoms with E-state index in [0.29, 0.717) is 30.5 Å². The Morgan fingerprint density at radius 1 is 1.21 bits per heavy atom. The van der Waals surface area contributed by atoms with Crippen LogP contribution in [-0.2, 0) is 11.3 Å². The van der Waals surface area contributed by atoms with Gasteiger partial charge >= 0.3 is 0 Å². The van der Waals surface area contributed by atoms with E-state index < -0.39 is 0 Å². The van der Waals surface area contributed by atoms with Crippen LogP contribution in [0.2, 0.25) is 0 Å². The maximum atomic E-state index is 12.5. The molecule has 4 unspecified atom stereocenters. The number of nitrogens with one attached hydrogen (secondary N) is 2. The number of carbonyl (C=O) groups is 2. The summed E-state index contributed by atoms with van der Waals surface area (Å²) in [6.45, 7) is 2.93. The Balaban J connectivity index is 0.00000208. The number of amides is 2. The molecule has 0 aliphatic heterocycles. The molecule has 4 atom stereocenters. The molecule has 4 N–H and O–H groups in total. The lowest BCUT2D eigenvalue weighted by Gasteiger charge is -2.27. The Hall–Kier alpha value is -1.59. The van der Waals surface area contributed by atoms with Gasteiger partial charge in [0.1, 0.15) is 0 Å². The van der Waals surface area contributed by atoms with Crippen molar-refractivity contribution in [3.63, 3.8) is 0 Å². The van der Waals surface area contributed by atoms with E-state index in [1.54, 1.807) is 6.07 Å². The molecular formula is C18H26ClN3O2. The predicted octanol–water partition coefficient (Wildman–Crippen LogP) is 1.85. The SMILES string of the molecule is CCNC(=O)c1cccc(CNC(=O)C2C3CCC(C3)C2N)c1.Cl. The van der Waals surface area contributed by atoms with Crippen molar-refractivity contribution in [2.24, 2.45) is 23.5 Å². The van der Waals surface area contributed by atoms with Crippen LogP contribution in [0.5, 0.6) is 0 Å². The molecule has 0 saturated heterocycles. The van der Waals surface area contributed by atoms with Gasteiger partial charge in [-0.2, -0.15) is 0 Å². The van der Waals surface area contributed by atoms with Crippen molar-refractivity contribution in [3.8, 4) is 0 Å². The average Bonchev–Trinajstić information content (AvgIpc) is 3.14. The summed E-state index contributed by atoms with van der Waals surface area (Å²) < 4.78 is 0. The third kappa shape index (κ3) is 3.73. The second-order valence-electron chi connectivity index (χ2n) is 6.71. The molecule has 2 amide bonds. The average molecular weight is 352 g/mol. The zero-order valence-electron chi connectivity index (χ0n) is 14.0. The maximum absolute atomic E-state index is 12.5. The molecule has 0 aromatic heterocycles. The lowest BCUT2D eigenvalue weighted by atomic mass is 9.84. The number of nitrogens with two attached hydrogens (primary N) is 1. The Morgan fingerprint density at radius 2 is 1.96 bits per heavy atom. The zero-order chi connectivity index (χ0) is 16.4. The lowest BCUT2D eigenvalue weighted by molar-refractivity contribution is -0.127. The fourth-order valence-corrected chi connectivity index (χ4v) is 4.12. The van der Waals surface area contributed by atoms with Gasteiger partial charge in [0.2, 0.25) is 5.91 Å². The third-order valence-electron chi connectivity index (χ3n) is 5.28. The van der Waals surface area contributed by atoms with Gasteiger partial charge in [0.15, 0.2) is 0 Å². The number of hydrogen-bond donors (Lipinski definition) is 3. The maximum Gasteiger partial charge on any atom is 0.251 e. The Bertz CT molecular complexity index is 606. The molecule has 5 nitrogen and oxygen atoms in total. The summed E-state index contributed by atoms with van der Waals surface area (Å²) >= 11 is 0. The van der Waals surface area contributed by atoms with Crippen molar-refractivity contribution in [3.05, 3.63) is 35.4 Å². The van der Waals surface area contributed by atoms with Gasteiger partial charge in [-0.1, -0.05) is 12.1 Å². The standard InChI is InChI=1S/C18H25N3O2.ClH/c1-2-20-17(22)14-5-3-4-11(8-14)10-21-18(23)15-12-6-7-13(9-12)16(15)19;/h3-5,8,12-13,15-16H,2,6-7,9-10,19H2,1H3,(H,20,22)(H,21,23);1H. The summed E-state index contributed by atoms with van der Waals surface area (Å²) in [6.07, 6.45) is 3.40. The first-order valence-electron chi connectivity index (χ1n) is 8.50. The van der Waals surface area contributed by atoms with E-state index in [0.717, 1.165) is 18.4 Å². The molecule has 0 radical (unpaired) electrons. The largest absolute Gasteiger partial charge is 0.352 e. The van der Waals surface area contributed by atoms with Gasteiger partial charge in [0.25, 0.3) is 5.91 Å². The second-order valence-corrected chi connectivity index (χ2v) is 6.71. The number of fused-ring (bicyclic) bond motifs is 2. The van der Waals surface area contributed by atoms with Crippen LogP contribution < -0.4 is 16.4 Å². The van der Waals surface area contributed by atoms with Crippen molar-refractivity contribution in [1.82, 2.24) is 10.6 Å². The fourth-order valence-electron chi connectivity index (χ4n) is 4.12. The van der Waals surface area contributed by atoms with Crippen LogP contribution in [0.15, 0.2) is 24.3 Å². The Morgan fingerprint density at radius 3 is 2.62 bits per heavy atom. The van der Waals surface area contributed by atoms with E-state index in [9.17, 15) is 9.59 Å². The first-order chi connectivity index (χ1) is 11.1. The lowest BCUT2D eigenvalue weighted by Crippen LogP contribution is -2.45. The minimum atomic E-state index is -0.0872. The Kier molecular flexibility index (Phi) is 6.24. The second kappa shape index (κ2) is 7.99. The van der Waals surface area contributed by atoms with Crippen molar-refractivity contribution in [2.45, 2.75) is 38.8 Å². The first-order valence-corrected chi connectivity index (χ1v) is 8.50. The summed E-state index contributed by atoms with van der Waals surface area (Å²) in [5.74, 6) is 0.915. The van der Waals surface area contributed by atoms with Gasteiger partial charge in [-0.15, -0.1) is 12.4 Å². The van der Waals surface area contributed by atoms with E-state index >= 15 is 0 Å². The molecular weight excluding hydrogens is 326 g/mol. The van der Waals surface area contributed by atoms with Gasteiger partial charge in [0, 0.05) is 24.7 Å². The van der Waals surface area contributed by atoms with E-state index in [1.807, 2.05) is 25.1 Å². The van der Waals surface area contributed by atoms with Crippen molar-refractivity contribution in [2.75, 3.05) is 6.54 Å². The highest BCUT2D eigenvalue weighted by molar-refractivity contribution is 5.94. The summed E-state index contributed by atoms with van der Waals surface area (Å²) in [5, 5.41) is 5.78. The number of rotatable bonds is 5. The summed E-state index contributed by atoms with van der Waals surface area (Å²) in [4.78, 5) is 24.3. The number of carbonyl (C=O) groups excluding carboxylic acids is 2. The molecule has 24 heavy (non-hydrogen) atoms. The topological polar surface area (TPSA) is 84.2 Å². The predicted molar refractivity (Wildman–Crippen MR) is 95.8 cm³/mol. The monoisotopic (exact) mass is 351 g/mol. The molecule has 2 saturated carbocycles.